The van der Waals surface area contributed by atoms with Gasteiger partial charge in [-0.2, -0.15) is 0 Å². The summed E-state index contributed by atoms with van der Waals surface area (Å²) >= 11 is 0. The largest absolute Gasteiger partial charge is 0.488 e. The molecular formula is C21H33FN2O5. The predicted molar refractivity (Wildman–Crippen MR) is 108 cm³/mol. The number of hydrogen-bond acceptors (Lipinski definition) is 5. The van der Waals surface area contributed by atoms with Crippen LogP contribution in [0, 0.1) is 12.7 Å². The second kappa shape index (κ2) is 11.6. The Labute approximate surface area is 171 Å². The van der Waals surface area contributed by atoms with Crippen LogP contribution in [0.2, 0.25) is 0 Å². The van der Waals surface area contributed by atoms with Gasteiger partial charge in [0.1, 0.15) is 12.2 Å². The number of unbranched alkanes of at least 4 members (excludes halogenated alkanes) is 1. The van der Waals surface area contributed by atoms with E-state index in [0.717, 1.165) is 5.56 Å². The van der Waals surface area contributed by atoms with Crippen molar-refractivity contribution >= 4 is 12.0 Å². The molecule has 1 rings (SSSR count). The molecule has 0 aliphatic heterocycles. The molecule has 1 atom stereocenters. The monoisotopic (exact) mass is 412 g/mol. The number of benzene rings is 1. The number of halogens is 1. The third kappa shape index (κ3) is 10.1. The quantitative estimate of drug-likeness (QED) is 0.484. The van der Waals surface area contributed by atoms with Crippen molar-refractivity contribution in [3.8, 4) is 5.75 Å². The number of carbonyl (C=O) groups excluding carboxylic acids is 2. The molecule has 0 saturated heterocycles. The van der Waals surface area contributed by atoms with E-state index in [-0.39, 0.29) is 31.8 Å². The van der Waals surface area contributed by atoms with Crippen molar-refractivity contribution in [3.63, 3.8) is 0 Å². The van der Waals surface area contributed by atoms with Crippen LogP contribution in [0.4, 0.5) is 9.18 Å². The fraction of sp³-hybridized carbons (Fsp3) is 0.619. The predicted octanol–water partition coefficient (Wildman–Crippen LogP) is 2.99. The van der Waals surface area contributed by atoms with Gasteiger partial charge in [-0.05, 0) is 70.6 Å². The summed E-state index contributed by atoms with van der Waals surface area (Å²) in [5.74, 6) is -0.882. The van der Waals surface area contributed by atoms with Crippen LogP contribution in [-0.2, 0) is 16.0 Å². The summed E-state index contributed by atoms with van der Waals surface area (Å²) in [7, 11) is 0. The standard InChI is InChI=1S/C21H33FN2O5/c1-14-11-15(7-5-6-10-25)19(22)17(12-14)28-13-16(8-9-18(23)26)24-20(27)29-21(2,3)4/h11-12,16,25H,5-10,13H2,1-4H3,(H2,23,26)(H,24,27). The molecule has 8 heteroatoms. The lowest BCUT2D eigenvalue weighted by Crippen LogP contribution is -2.42. The van der Waals surface area contributed by atoms with Crippen molar-refractivity contribution in [2.24, 2.45) is 5.73 Å². The van der Waals surface area contributed by atoms with E-state index in [1.165, 1.54) is 0 Å². The Hall–Kier alpha value is -2.35. The number of aryl methyl sites for hydroxylation is 2. The molecule has 0 aliphatic rings. The third-order valence-corrected chi connectivity index (χ3v) is 4.01. The number of hydrogen-bond donors (Lipinski definition) is 3. The minimum atomic E-state index is -0.675. The van der Waals surface area contributed by atoms with E-state index >= 15 is 0 Å². The van der Waals surface area contributed by atoms with Crippen LogP contribution in [0.15, 0.2) is 12.1 Å². The highest BCUT2D eigenvalue weighted by molar-refractivity contribution is 5.74. The number of nitrogens with one attached hydrogen (secondary N) is 1. The molecule has 4 N–H and O–H groups in total. The van der Waals surface area contributed by atoms with Gasteiger partial charge in [0.05, 0.1) is 6.04 Å². The summed E-state index contributed by atoms with van der Waals surface area (Å²) in [6.45, 7) is 7.08. The molecule has 2 amide bonds. The van der Waals surface area contributed by atoms with Gasteiger partial charge in [0.15, 0.2) is 11.6 Å². The zero-order valence-electron chi connectivity index (χ0n) is 17.7. The molecule has 0 aliphatic carbocycles. The summed E-state index contributed by atoms with van der Waals surface area (Å²) in [4.78, 5) is 23.2. The van der Waals surface area contributed by atoms with Gasteiger partial charge >= 0.3 is 6.09 Å². The summed E-state index contributed by atoms with van der Waals surface area (Å²) in [6.07, 6.45) is 1.39. The number of nitrogens with two attached hydrogens (primary N) is 1. The highest BCUT2D eigenvalue weighted by Crippen LogP contribution is 2.25. The first-order valence-corrected chi connectivity index (χ1v) is 9.82. The molecule has 1 aromatic carbocycles. The number of rotatable bonds is 11. The fourth-order valence-electron chi connectivity index (χ4n) is 2.70. The molecule has 0 radical (unpaired) electrons. The molecule has 29 heavy (non-hydrogen) atoms. The van der Waals surface area contributed by atoms with Gasteiger partial charge < -0.3 is 25.6 Å². The molecule has 0 heterocycles. The number of amides is 2. The van der Waals surface area contributed by atoms with Crippen molar-refractivity contribution in [3.05, 3.63) is 29.1 Å². The minimum absolute atomic E-state index is 0.0387. The SMILES string of the molecule is Cc1cc(CCCCO)c(F)c(OCC(CCC(N)=O)NC(=O)OC(C)(C)C)c1. The van der Waals surface area contributed by atoms with Crippen LogP contribution in [0.25, 0.3) is 0 Å². The van der Waals surface area contributed by atoms with Gasteiger partial charge in [0.25, 0.3) is 0 Å². The van der Waals surface area contributed by atoms with Gasteiger partial charge in [0.2, 0.25) is 5.91 Å². The van der Waals surface area contributed by atoms with Crippen LogP contribution in [0.1, 0.15) is 57.6 Å². The molecule has 0 bridgehead atoms. The Balaban J connectivity index is 2.83. The summed E-state index contributed by atoms with van der Waals surface area (Å²) in [5, 5.41) is 11.5. The van der Waals surface area contributed by atoms with E-state index < -0.39 is 29.5 Å². The lowest BCUT2D eigenvalue weighted by Gasteiger charge is -2.24. The lowest BCUT2D eigenvalue weighted by molar-refractivity contribution is -0.118. The highest BCUT2D eigenvalue weighted by Gasteiger charge is 2.21. The average molecular weight is 413 g/mol. The molecule has 0 aromatic heterocycles. The Morgan fingerprint density at radius 3 is 2.55 bits per heavy atom. The Kier molecular flexibility index (Phi) is 9.88. The van der Waals surface area contributed by atoms with Crippen molar-refractivity contribution in [1.29, 1.82) is 0 Å². The number of primary amides is 1. The fourth-order valence-corrected chi connectivity index (χ4v) is 2.70. The Morgan fingerprint density at radius 1 is 1.28 bits per heavy atom. The van der Waals surface area contributed by atoms with Gasteiger partial charge in [-0.3, -0.25) is 4.79 Å². The van der Waals surface area contributed by atoms with Crippen molar-refractivity contribution in [2.45, 2.75) is 71.4 Å². The van der Waals surface area contributed by atoms with E-state index in [0.29, 0.717) is 24.8 Å². The van der Waals surface area contributed by atoms with E-state index in [2.05, 4.69) is 5.32 Å². The van der Waals surface area contributed by atoms with Crippen molar-refractivity contribution in [1.82, 2.24) is 5.32 Å². The van der Waals surface area contributed by atoms with Crippen LogP contribution in [0.3, 0.4) is 0 Å². The maximum Gasteiger partial charge on any atom is 0.407 e. The van der Waals surface area contributed by atoms with Crippen LogP contribution >= 0.6 is 0 Å². The molecule has 7 nitrogen and oxygen atoms in total. The average Bonchev–Trinajstić information content (AvgIpc) is 2.59. The van der Waals surface area contributed by atoms with Crippen molar-refractivity contribution in [2.75, 3.05) is 13.2 Å². The molecule has 0 fully saturated rings. The molecule has 164 valence electrons. The van der Waals surface area contributed by atoms with E-state index in [1.54, 1.807) is 32.9 Å². The lowest BCUT2D eigenvalue weighted by atomic mass is 10.0. The Bertz CT molecular complexity index is 688. The second-order valence-electron chi connectivity index (χ2n) is 8.08. The van der Waals surface area contributed by atoms with Crippen LogP contribution in [-0.4, -0.2) is 42.0 Å². The third-order valence-electron chi connectivity index (χ3n) is 4.01. The van der Waals surface area contributed by atoms with Crippen molar-refractivity contribution < 1.29 is 28.6 Å². The number of aliphatic hydroxyl groups is 1. The van der Waals surface area contributed by atoms with Crippen LogP contribution in [0.5, 0.6) is 5.75 Å². The molecule has 0 spiro atoms. The smallest absolute Gasteiger partial charge is 0.407 e. The first-order chi connectivity index (χ1) is 13.5. The zero-order valence-corrected chi connectivity index (χ0v) is 17.7. The van der Waals surface area contributed by atoms with Gasteiger partial charge in [-0.1, -0.05) is 6.07 Å². The van der Waals surface area contributed by atoms with Gasteiger partial charge in [-0.15, -0.1) is 0 Å². The van der Waals surface area contributed by atoms with Gasteiger partial charge in [-0.25, -0.2) is 9.18 Å². The van der Waals surface area contributed by atoms with Crippen LogP contribution < -0.4 is 15.8 Å². The van der Waals surface area contributed by atoms with E-state index in [1.807, 2.05) is 6.92 Å². The molecular weight excluding hydrogens is 379 g/mol. The first-order valence-electron chi connectivity index (χ1n) is 9.82. The molecule has 1 unspecified atom stereocenters. The van der Waals surface area contributed by atoms with E-state index in [4.69, 9.17) is 20.3 Å². The minimum Gasteiger partial charge on any atom is -0.488 e. The summed E-state index contributed by atoms with van der Waals surface area (Å²) in [6, 6.07) is 2.77. The zero-order chi connectivity index (χ0) is 22.0. The summed E-state index contributed by atoms with van der Waals surface area (Å²) in [5.41, 5.74) is 5.88. The number of alkyl carbamates (subject to hydrolysis) is 1. The molecule has 0 saturated carbocycles. The number of carbonyl (C=O) groups is 2. The number of aliphatic hydroxyl groups excluding tert-OH is 1. The number of ether oxygens (including phenoxy) is 2. The highest BCUT2D eigenvalue weighted by atomic mass is 19.1. The second-order valence-corrected chi connectivity index (χ2v) is 8.08. The normalized spacial score (nSPS) is 12.3. The maximum atomic E-state index is 14.8. The van der Waals surface area contributed by atoms with Gasteiger partial charge in [0, 0.05) is 13.0 Å². The Morgan fingerprint density at radius 2 is 1.97 bits per heavy atom. The summed E-state index contributed by atoms with van der Waals surface area (Å²) < 4.78 is 25.6. The molecule has 1 aromatic rings. The first kappa shape index (κ1) is 24.7. The topological polar surface area (TPSA) is 111 Å². The van der Waals surface area contributed by atoms with E-state index in [9.17, 15) is 14.0 Å². The maximum absolute atomic E-state index is 14.8.